The Labute approximate surface area is 222 Å². The quantitative estimate of drug-likeness (QED) is 0.256. The Bertz CT molecular complexity index is 1390. The molecule has 0 bridgehead atoms. The number of thiocarbonyl (C=S) groups is 1. The molecule has 1 aromatic heterocycles. The molecule has 186 valence electrons. The van der Waals surface area contributed by atoms with Gasteiger partial charge in [0, 0.05) is 40.9 Å². The van der Waals surface area contributed by atoms with Gasteiger partial charge in [0.15, 0.2) is 5.11 Å². The molecule has 1 fully saturated rings. The summed E-state index contributed by atoms with van der Waals surface area (Å²) in [7, 11) is 0. The van der Waals surface area contributed by atoms with E-state index in [1.807, 2.05) is 32.9 Å². The van der Waals surface area contributed by atoms with E-state index in [1.54, 1.807) is 18.2 Å². The summed E-state index contributed by atoms with van der Waals surface area (Å²) in [4.78, 5) is 29.8. The van der Waals surface area contributed by atoms with Crippen molar-refractivity contribution in [3.05, 3.63) is 81.6 Å². The van der Waals surface area contributed by atoms with Gasteiger partial charge >= 0.3 is 0 Å². The van der Waals surface area contributed by atoms with Gasteiger partial charge < -0.3 is 9.47 Å². The van der Waals surface area contributed by atoms with E-state index in [9.17, 15) is 9.59 Å². The lowest BCUT2D eigenvalue weighted by Gasteiger charge is -2.29. The van der Waals surface area contributed by atoms with Gasteiger partial charge in [0.05, 0.1) is 5.69 Å². The van der Waals surface area contributed by atoms with Crippen LogP contribution in [0.4, 0.5) is 11.4 Å². The van der Waals surface area contributed by atoms with Crippen LogP contribution in [0.2, 0.25) is 5.02 Å². The molecule has 2 aromatic carbocycles. The highest BCUT2D eigenvalue weighted by molar-refractivity contribution is 7.80. The van der Waals surface area contributed by atoms with Gasteiger partial charge in [0.25, 0.3) is 11.8 Å². The van der Waals surface area contributed by atoms with Gasteiger partial charge in [-0.15, -0.1) is 0 Å². The Hall–Kier alpha value is -3.42. The zero-order valence-electron chi connectivity index (χ0n) is 21.1. The number of nitrogens with zero attached hydrogens (tertiary/aromatic N) is 3. The molecule has 0 atom stereocenters. The zero-order valence-corrected chi connectivity index (χ0v) is 22.6. The third-order valence-electron chi connectivity index (χ3n) is 6.52. The number of carbonyl (C=O) groups excluding carboxylic acids is 2. The number of aryl methyl sites for hydroxylation is 2. The monoisotopic (exact) mass is 520 g/mol. The van der Waals surface area contributed by atoms with Gasteiger partial charge in [0.1, 0.15) is 5.57 Å². The van der Waals surface area contributed by atoms with Crippen LogP contribution in [0.3, 0.4) is 0 Å². The molecule has 1 N–H and O–H groups in total. The van der Waals surface area contributed by atoms with Gasteiger partial charge in [-0.3, -0.25) is 19.8 Å². The van der Waals surface area contributed by atoms with Crippen molar-refractivity contribution < 1.29 is 9.59 Å². The minimum absolute atomic E-state index is 0.0115. The van der Waals surface area contributed by atoms with Crippen molar-refractivity contribution >= 4 is 58.2 Å². The molecular formula is C28H29ClN4O2S. The van der Waals surface area contributed by atoms with Crippen LogP contribution >= 0.6 is 23.8 Å². The van der Waals surface area contributed by atoms with E-state index < -0.39 is 11.8 Å². The van der Waals surface area contributed by atoms with Crippen LogP contribution in [0.15, 0.2) is 54.1 Å². The van der Waals surface area contributed by atoms with E-state index in [2.05, 4.69) is 52.9 Å². The first kappa shape index (κ1) is 25.7. The van der Waals surface area contributed by atoms with Crippen LogP contribution in [-0.2, 0) is 9.59 Å². The normalized spacial score (nSPS) is 15.0. The van der Waals surface area contributed by atoms with E-state index >= 15 is 0 Å². The number of halogens is 1. The van der Waals surface area contributed by atoms with Crippen molar-refractivity contribution in [3.8, 4) is 5.69 Å². The van der Waals surface area contributed by atoms with Crippen molar-refractivity contribution in [2.24, 2.45) is 0 Å². The summed E-state index contributed by atoms with van der Waals surface area (Å²) in [5.74, 6) is -1.01. The van der Waals surface area contributed by atoms with Crippen molar-refractivity contribution in [2.45, 2.75) is 34.6 Å². The molecule has 0 saturated carbocycles. The summed E-state index contributed by atoms with van der Waals surface area (Å²) < 4.78 is 2.12. The number of aromatic nitrogens is 1. The highest BCUT2D eigenvalue weighted by Crippen LogP contribution is 2.29. The van der Waals surface area contributed by atoms with Crippen LogP contribution in [-0.4, -0.2) is 34.6 Å². The fraction of sp³-hybridized carbons (Fsp3) is 0.250. The topological polar surface area (TPSA) is 57.6 Å². The molecule has 3 aromatic rings. The molecule has 0 spiro atoms. The molecule has 36 heavy (non-hydrogen) atoms. The third kappa shape index (κ3) is 4.68. The molecule has 6 nitrogen and oxygen atoms in total. The smallest absolute Gasteiger partial charge is 0.270 e. The number of amides is 2. The SMILES string of the molecule is CCN(CC)c1ccc(-n2c(C)cc(/C=C3\C(=O)NC(=S)N(c4ccc(C)c(Cl)c4)C3=O)c2C)cc1. The Balaban J connectivity index is 1.71. The lowest BCUT2D eigenvalue weighted by atomic mass is 10.1. The fourth-order valence-electron chi connectivity index (χ4n) is 4.50. The average molecular weight is 521 g/mol. The lowest BCUT2D eigenvalue weighted by Crippen LogP contribution is -2.54. The van der Waals surface area contributed by atoms with E-state index in [1.165, 1.54) is 10.6 Å². The second kappa shape index (κ2) is 10.3. The number of benzene rings is 2. The lowest BCUT2D eigenvalue weighted by molar-refractivity contribution is -0.122. The first-order chi connectivity index (χ1) is 17.2. The van der Waals surface area contributed by atoms with Crippen LogP contribution < -0.4 is 15.1 Å². The highest BCUT2D eigenvalue weighted by atomic mass is 35.5. The predicted octanol–water partition coefficient (Wildman–Crippen LogP) is 5.73. The maximum atomic E-state index is 13.4. The standard InChI is InChI=1S/C28H29ClN4O2S/c1-6-31(7-2)21-10-12-22(13-11-21)32-18(4)14-20(19(32)5)15-24-26(34)30-28(36)33(27(24)35)23-9-8-17(3)25(29)16-23/h8-16H,6-7H2,1-5H3,(H,30,34,36)/b24-15+. The second-order valence-corrected chi connectivity index (χ2v) is 9.54. The highest BCUT2D eigenvalue weighted by Gasteiger charge is 2.35. The molecule has 0 unspecified atom stereocenters. The number of anilines is 2. The second-order valence-electron chi connectivity index (χ2n) is 8.74. The largest absolute Gasteiger partial charge is 0.372 e. The van der Waals surface area contributed by atoms with E-state index in [-0.39, 0.29) is 10.7 Å². The zero-order chi connectivity index (χ0) is 26.1. The Morgan fingerprint density at radius 1 is 0.972 bits per heavy atom. The summed E-state index contributed by atoms with van der Waals surface area (Å²) in [6.45, 7) is 12.0. The molecular weight excluding hydrogens is 492 g/mol. The molecule has 0 aliphatic carbocycles. The first-order valence-corrected chi connectivity index (χ1v) is 12.7. The van der Waals surface area contributed by atoms with Crippen molar-refractivity contribution in [3.63, 3.8) is 0 Å². The Kier molecular flexibility index (Phi) is 7.33. The Morgan fingerprint density at radius 3 is 2.22 bits per heavy atom. The molecule has 8 heteroatoms. The summed E-state index contributed by atoms with van der Waals surface area (Å²) in [5, 5.41) is 3.18. The van der Waals surface area contributed by atoms with Crippen LogP contribution in [0, 0.1) is 20.8 Å². The number of hydrogen-bond acceptors (Lipinski definition) is 4. The summed E-state index contributed by atoms with van der Waals surface area (Å²) in [6.07, 6.45) is 1.63. The number of rotatable bonds is 6. The summed E-state index contributed by atoms with van der Waals surface area (Å²) in [6, 6.07) is 15.6. The minimum atomic E-state index is -0.521. The molecule has 2 heterocycles. The minimum Gasteiger partial charge on any atom is -0.372 e. The van der Waals surface area contributed by atoms with Crippen molar-refractivity contribution in [1.29, 1.82) is 0 Å². The third-order valence-corrected chi connectivity index (χ3v) is 7.21. The van der Waals surface area contributed by atoms with Crippen LogP contribution in [0.25, 0.3) is 11.8 Å². The summed E-state index contributed by atoms with van der Waals surface area (Å²) in [5.41, 5.74) is 6.29. The average Bonchev–Trinajstić information content (AvgIpc) is 3.12. The first-order valence-electron chi connectivity index (χ1n) is 11.9. The maximum absolute atomic E-state index is 13.4. The number of carbonyl (C=O) groups is 2. The molecule has 4 rings (SSSR count). The van der Waals surface area contributed by atoms with Gasteiger partial charge in [-0.2, -0.15) is 0 Å². The number of hydrogen-bond donors (Lipinski definition) is 1. The molecule has 1 aliphatic rings. The van der Waals surface area contributed by atoms with Crippen molar-refractivity contribution in [1.82, 2.24) is 9.88 Å². The van der Waals surface area contributed by atoms with Gasteiger partial charge in [-0.05, 0) is 107 Å². The fourth-order valence-corrected chi connectivity index (χ4v) is 4.96. The molecule has 1 saturated heterocycles. The van der Waals surface area contributed by atoms with Gasteiger partial charge in [-0.1, -0.05) is 17.7 Å². The van der Waals surface area contributed by atoms with Crippen LogP contribution in [0.1, 0.15) is 36.4 Å². The molecule has 2 amide bonds. The van der Waals surface area contributed by atoms with Crippen molar-refractivity contribution in [2.75, 3.05) is 22.9 Å². The van der Waals surface area contributed by atoms with E-state index in [4.69, 9.17) is 23.8 Å². The van der Waals surface area contributed by atoms with E-state index in [0.717, 1.165) is 41.3 Å². The Morgan fingerprint density at radius 2 is 1.61 bits per heavy atom. The number of nitrogens with one attached hydrogen (secondary N) is 1. The molecule has 0 radical (unpaired) electrons. The maximum Gasteiger partial charge on any atom is 0.270 e. The summed E-state index contributed by atoms with van der Waals surface area (Å²) >= 11 is 11.6. The van der Waals surface area contributed by atoms with Gasteiger partial charge in [-0.25, -0.2) is 0 Å². The van der Waals surface area contributed by atoms with E-state index in [0.29, 0.717) is 10.7 Å². The van der Waals surface area contributed by atoms with Gasteiger partial charge in [0.2, 0.25) is 0 Å². The predicted molar refractivity (Wildman–Crippen MR) is 151 cm³/mol. The van der Waals surface area contributed by atoms with Crippen LogP contribution in [0.5, 0.6) is 0 Å². The molecule has 1 aliphatic heterocycles.